The van der Waals surface area contributed by atoms with Crippen LogP contribution < -0.4 is 0 Å². The second-order valence-corrected chi connectivity index (χ2v) is 8.16. The molecule has 1 aromatic carbocycles. The van der Waals surface area contributed by atoms with Crippen molar-refractivity contribution in [1.29, 1.82) is 0 Å². The summed E-state index contributed by atoms with van der Waals surface area (Å²) in [7, 11) is 0. The number of Topliss-reactive ketones (excluding diaryl/α,β-unsaturated/α-hetero) is 1. The molecule has 1 aromatic rings. The first-order valence-electron chi connectivity index (χ1n) is 10.1. The molecule has 1 radical (unpaired) electrons. The van der Waals surface area contributed by atoms with E-state index in [4.69, 9.17) is 6.42 Å². The van der Waals surface area contributed by atoms with E-state index in [1.165, 1.54) is 34.3 Å². The summed E-state index contributed by atoms with van der Waals surface area (Å²) < 4.78 is 0. The molecular formula is C27H29O. The number of allylic oxidation sites excluding steroid dienone is 8. The van der Waals surface area contributed by atoms with Crippen LogP contribution in [0.5, 0.6) is 0 Å². The zero-order valence-electron chi connectivity index (χ0n) is 17.2. The first-order valence-corrected chi connectivity index (χ1v) is 10.1. The molecule has 1 heteroatoms. The fraction of sp³-hybridized carbons (Fsp3) is 0.333. The predicted molar refractivity (Wildman–Crippen MR) is 118 cm³/mol. The highest BCUT2D eigenvalue weighted by atomic mass is 16.1. The number of carbonyl (C=O) groups is 1. The molecule has 2 atom stereocenters. The van der Waals surface area contributed by atoms with Gasteiger partial charge in [-0.2, -0.15) is 0 Å². The lowest BCUT2D eigenvalue weighted by molar-refractivity contribution is -0.111. The third-order valence-corrected chi connectivity index (χ3v) is 5.83. The zero-order chi connectivity index (χ0) is 20.3. The van der Waals surface area contributed by atoms with Gasteiger partial charge in [-0.3, -0.25) is 4.79 Å². The Hall–Kier alpha value is -2.59. The molecule has 2 saturated carbocycles. The van der Waals surface area contributed by atoms with Gasteiger partial charge in [-0.25, -0.2) is 0 Å². The highest BCUT2D eigenvalue weighted by Crippen LogP contribution is 2.50. The summed E-state index contributed by atoms with van der Waals surface area (Å²) in [6.07, 6.45) is 17.1. The fourth-order valence-corrected chi connectivity index (χ4v) is 3.64. The van der Waals surface area contributed by atoms with Crippen molar-refractivity contribution in [2.45, 2.75) is 40.0 Å². The van der Waals surface area contributed by atoms with E-state index < -0.39 is 0 Å². The number of hydrogen-bond acceptors (Lipinski definition) is 1. The van der Waals surface area contributed by atoms with Crippen molar-refractivity contribution in [3.63, 3.8) is 0 Å². The van der Waals surface area contributed by atoms with Crippen molar-refractivity contribution < 1.29 is 4.79 Å². The third-order valence-electron chi connectivity index (χ3n) is 5.83. The summed E-state index contributed by atoms with van der Waals surface area (Å²) in [4.78, 5) is 11.4. The van der Waals surface area contributed by atoms with Crippen LogP contribution in [0.4, 0.5) is 0 Å². The van der Waals surface area contributed by atoms with Crippen LogP contribution in [0.15, 0.2) is 65.3 Å². The minimum Gasteiger partial charge on any atom is -0.295 e. The van der Waals surface area contributed by atoms with Gasteiger partial charge in [0.1, 0.15) is 0 Å². The van der Waals surface area contributed by atoms with Crippen LogP contribution in [0.25, 0.3) is 5.57 Å². The molecule has 2 fully saturated rings. The fourth-order valence-electron chi connectivity index (χ4n) is 3.64. The maximum Gasteiger partial charge on any atom is 0.159 e. The number of hydrogen-bond donors (Lipinski definition) is 0. The van der Waals surface area contributed by atoms with Gasteiger partial charge in [0.2, 0.25) is 0 Å². The van der Waals surface area contributed by atoms with Crippen molar-refractivity contribution in [2.75, 3.05) is 0 Å². The Morgan fingerprint density at radius 1 is 1.11 bits per heavy atom. The van der Waals surface area contributed by atoms with Crippen LogP contribution in [0.3, 0.4) is 0 Å². The molecule has 3 aliphatic carbocycles. The molecule has 0 aliphatic heterocycles. The summed E-state index contributed by atoms with van der Waals surface area (Å²) in [5.41, 5.74) is 7.22. The van der Waals surface area contributed by atoms with E-state index in [1.54, 1.807) is 0 Å². The molecule has 0 bridgehead atoms. The van der Waals surface area contributed by atoms with E-state index >= 15 is 0 Å². The average Bonchev–Trinajstić information content (AvgIpc) is 3.56. The highest BCUT2D eigenvalue weighted by molar-refractivity contribution is 5.99. The standard InChI is InChI=1S/C17H19O.C10H10/c1-12-4-7-15(8-5-12)13(2)6-11-17(14(3)18)16-9-10-16;1-3-8-5-4-7(2)9-6-10(8)9/h4-8,11,16H,3,9-10H2,1-2H3;1,4-5,9-10H,6H2,2H3/b13-6+,17-11-;. The van der Waals surface area contributed by atoms with E-state index in [-0.39, 0.29) is 5.78 Å². The zero-order valence-corrected chi connectivity index (χ0v) is 17.2. The molecule has 0 saturated heterocycles. The molecule has 3 aliphatic rings. The Balaban J connectivity index is 0.000000188. The molecule has 0 N–H and O–H groups in total. The smallest absolute Gasteiger partial charge is 0.159 e. The maximum atomic E-state index is 11.4. The van der Waals surface area contributed by atoms with Crippen molar-refractivity contribution in [3.05, 3.63) is 83.3 Å². The lowest BCUT2D eigenvalue weighted by Gasteiger charge is -2.04. The van der Waals surface area contributed by atoms with Crippen molar-refractivity contribution in [1.82, 2.24) is 0 Å². The van der Waals surface area contributed by atoms with Gasteiger partial charge in [0.05, 0.1) is 0 Å². The number of carbonyl (C=O) groups excluding carboxylic acids is 1. The number of ketones is 1. The van der Waals surface area contributed by atoms with E-state index in [0.29, 0.717) is 5.92 Å². The lowest BCUT2D eigenvalue weighted by atomic mass is 10.0. The maximum absolute atomic E-state index is 11.4. The number of terminal acetylenes is 1. The minimum absolute atomic E-state index is 0.0366. The Labute approximate surface area is 169 Å². The summed E-state index contributed by atoms with van der Waals surface area (Å²) in [6, 6.07) is 8.42. The number of fused-ring (bicyclic) bond motifs is 1. The normalized spacial score (nSPS) is 23.4. The first kappa shape index (κ1) is 20.2. The second kappa shape index (κ2) is 8.61. The first-order chi connectivity index (χ1) is 13.4. The molecule has 4 rings (SSSR count). The Kier molecular flexibility index (Phi) is 6.20. The molecule has 0 amide bonds. The summed E-state index contributed by atoms with van der Waals surface area (Å²) in [5.74, 6) is 4.67. The van der Waals surface area contributed by atoms with Crippen molar-refractivity contribution in [2.24, 2.45) is 17.8 Å². The van der Waals surface area contributed by atoms with E-state index in [0.717, 1.165) is 30.3 Å². The average molecular weight is 370 g/mol. The molecule has 0 heterocycles. The number of rotatable bonds is 4. The predicted octanol–water partition coefficient (Wildman–Crippen LogP) is 6.28. The van der Waals surface area contributed by atoms with Gasteiger partial charge in [0, 0.05) is 12.5 Å². The van der Waals surface area contributed by atoms with Gasteiger partial charge in [0.15, 0.2) is 5.78 Å². The van der Waals surface area contributed by atoms with Crippen LogP contribution in [-0.4, -0.2) is 5.78 Å². The van der Waals surface area contributed by atoms with E-state index in [9.17, 15) is 4.79 Å². The molecule has 0 spiro atoms. The van der Waals surface area contributed by atoms with Crippen molar-refractivity contribution in [3.8, 4) is 12.3 Å². The quantitative estimate of drug-likeness (QED) is 0.347. The van der Waals surface area contributed by atoms with E-state index in [1.807, 2.05) is 12.2 Å². The van der Waals surface area contributed by atoms with Crippen LogP contribution >= 0.6 is 0 Å². The third kappa shape index (κ3) is 5.02. The van der Waals surface area contributed by atoms with Gasteiger partial charge < -0.3 is 0 Å². The second-order valence-electron chi connectivity index (χ2n) is 8.16. The van der Waals surface area contributed by atoms with Crippen LogP contribution in [0.2, 0.25) is 0 Å². The summed E-state index contributed by atoms with van der Waals surface area (Å²) >= 11 is 0. The lowest BCUT2D eigenvalue weighted by Crippen LogP contribution is -1.98. The Morgan fingerprint density at radius 2 is 1.79 bits per heavy atom. The molecule has 28 heavy (non-hydrogen) atoms. The van der Waals surface area contributed by atoms with Gasteiger partial charge in [-0.15, -0.1) is 6.42 Å². The van der Waals surface area contributed by atoms with Crippen molar-refractivity contribution >= 4 is 11.4 Å². The van der Waals surface area contributed by atoms with Gasteiger partial charge in [-0.05, 0) is 74.5 Å². The minimum atomic E-state index is -0.0366. The largest absolute Gasteiger partial charge is 0.295 e. The SMILES string of the molecule is C#CC1=CC=C(C)C2CC12.[CH2]C(=O)/C(=C/C=C(\C)c1ccc(C)cc1)C1CC1. The number of aryl methyl sites for hydroxylation is 1. The molecule has 0 aromatic heterocycles. The Bertz CT molecular complexity index is 908. The van der Waals surface area contributed by atoms with E-state index in [2.05, 4.69) is 70.0 Å². The van der Waals surface area contributed by atoms with Crippen LogP contribution in [-0.2, 0) is 4.79 Å². The Morgan fingerprint density at radius 3 is 2.36 bits per heavy atom. The molecule has 143 valence electrons. The molecular weight excluding hydrogens is 340 g/mol. The molecule has 2 unspecified atom stereocenters. The monoisotopic (exact) mass is 369 g/mol. The number of benzene rings is 1. The summed E-state index contributed by atoms with van der Waals surface area (Å²) in [6.45, 7) is 9.86. The van der Waals surface area contributed by atoms with Crippen LogP contribution in [0, 0.1) is 43.9 Å². The van der Waals surface area contributed by atoms with Gasteiger partial charge >= 0.3 is 0 Å². The topological polar surface area (TPSA) is 17.1 Å². The summed E-state index contributed by atoms with van der Waals surface area (Å²) in [5, 5.41) is 0. The highest BCUT2D eigenvalue weighted by Gasteiger charge is 2.41. The van der Waals surface area contributed by atoms with Crippen LogP contribution in [0.1, 0.15) is 44.2 Å². The van der Waals surface area contributed by atoms with Gasteiger partial charge in [-0.1, -0.05) is 65.6 Å². The molecule has 1 nitrogen and oxygen atoms in total. The van der Waals surface area contributed by atoms with Gasteiger partial charge in [0.25, 0.3) is 0 Å².